The lowest BCUT2D eigenvalue weighted by Gasteiger charge is -2.08. The number of hydrogen-bond donors (Lipinski definition) is 2. The van der Waals surface area contributed by atoms with Gasteiger partial charge < -0.3 is 10.8 Å². The molecule has 1 heterocycles. The molecule has 1 rings (SSSR count). The minimum absolute atomic E-state index is 0.157. The second-order valence-corrected chi connectivity index (χ2v) is 2.72. The van der Waals surface area contributed by atoms with E-state index in [2.05, 4.69) is 10.1 Å². The standard InChI is InChI=1S/C7H12N4O2/c8-3-6(7(12)13)1-2-11-5-9-4-10-11/h4-6H,1-3,8H2,(H,12,13). The van der Waals surface area contributed by atoms with Crippen molar-refractivity contribution in [2.45, 2.75) is 13.0 Å². The van der Waals surface area contributed by atoms with Crippen LogP contribution in [0.15, 0.2) is 12.7 Å². The summed E-state index contributed by atoms with van der Waals surface area (Å²) in [4.78, 5) is 14.3. The highest BCUT2D eigenvalue weighted by atomic mass is 16.4. The number of rotatable bonds is 5. The lowest BCUT2D eigenvalue weighted by molar-refractivity contribution is -0.141. The molecule has 1 atom stereocenters. The molecule has 0 amide bonds. The SMILES string of the molecule is NCC(CCn1cncn1)C(=O)O. The van der Waals surface area contributed by atoms with Gasteiger partial charge in [-0.3, -0.25) is 9.48 Å². The summed E-state index contributed by atoms with van der Waals surface area (Å²) in [6.07, 6.45) is 3.45. The molecule has 0 aliphatic carbocycles. The van der Waals surface area contributed by atoms with Gasteiger partial charge >= 0.3 is 5.97 Å². The van der Waals surface area contributed by atoms with Gasteiger partial charge in [-0.1, -0.05) is 0 Å². The minimum atomic E-state index is -0.859. The summed E-state index contributed by atoms with van der Waals surface area (Å²) in [5.41, 5.74) is 5.29. The molecular formula is C7H12N4O2. The van der Waals surface area contributed by atoms with E-state index in [9.17, 15) is 4.79 Å². The minimum Gasteiger partial charge on any atom is -0.481 e. The van der Waals surface area contributed by atoms with Crippen molar-refractivity contribution >= 4 is 5.97 Å². The number of aryl methyl sites for hydroxylation is 1. The normalized spacial score (nSPS) is 12.7. The van der Waals surface area contributed by atoms with Crippen molar-refractivity contribution in [1.29, 1.82) is 0 Å². The Kier molecular flexibility index (Phi) is 3.39. The van der Waals surface area contributed by atoms with Crippen molar-refractivity contribution in [3.63, 3.8) is 0 Å². The third-order valence-electron chi connectivity index (χ3n) is 1.81. The Morgan fingerprint density at radius 1 is 1.69 bits per heavy atom. The Bertz CT molecular complexity index is 259. The molecule has 0 spiro atoms. The first-order chi connectivity index (χ1) is 6.24. The topological polar surface area (TPSA) is 94.0 Å². The Balaban J connectivity index is 2.36. The van der Waals surface area contributed by atoms with Gasteiger partial charge in [0.15, 0.2) is 0 Å². The summed E-state index contributed by atoms with van der Waals surface area (Å²) in [7, 11) is 0. The number of carboxylic acids is 1. The van der Waals surface area contributed by atoms with Crippen LogP contribution in [0.1, 0.15) is 6.42 Å². The van der Waals surface area contributed by atoms with Gasteiger partial charge in [-0.15, -0.1) is 0 Å². The van der Waals surface area contributed by atoms with Gasteiger partial charge in [-0.2, -0.15) is 5.10 Å². The quantitative estimate of drug-likeness (QED) is 0.632. The fraction of sp³-hybridized carbons (Fsp3) is 0.571. The van der Waals surface area contributed by atoms with E-state index in [1.165, 1.54) is 6.33 Å². The number of nitrogens with two attached hydrogens (primary N) is 1. The fourth-order valence-electron chi connectivity index (χ4n) is 0.978. The van der Waals surface area contributed by atoms with Crippen molar-refractivity contribution in [1.82, 2.24) is 14.8 Å². The summed E-state index contributed by atoms with van der Waals surface area (Å²) in [5, 5.41) is 12.5. The molecule has 0 aromatic carbocycles. The maximum atomic E-state index is 10.6. The molecular weight excluding hydrogens is 172 g/mol. The van der Waals surface area contributed by atoms with Crippen LogP contribution in [0, 0.1) is 5.92 Å². The van der Waals surface area contributed by atoms with Crippen LogP contribution in [0.3, 0.4) is 0 Å². The van der Waals surface area contributed by atoms with Gasteiger partial charge in [-0.05, 0) is 6.42 Å². The van der Waals surface area contributed by atoms with Gasteiger partial charge in [0.1, 0.15) is 12.7 Å². The van der Waals surface area contributed by atoms with E-state index in [0.717, 1.165) is 0 Å². The largest absolute Gasteiger partial charge is 0.481 e. The zero-order valence-corrected chi connectivity index (χ0v) is 7.13. The van der Waals surface area contributed by atoms with E-state index in [0.29, 0.717) is 13.0 Å². The molecule has 0 aliphatic rings. The molecule has 0 saturated carbocycles. The molecule has 3 N–H and O–H groups in total. The third kappa shape index (κ3) is 2.83. The molecule has 6 heteroatoms. The summed E-state index contributed by atoms with van der Waals surface area (Å²) in [6.45, 7) is 0.693. The van der Waals surface area contributed by atoms with E-state index in [1.54, 1.807) is 11.0 Å². The van der Waals surface area contributed by atoms with E-state index >= 15 is 0 Å². The van der Waals surface area contributed by atoms with Crippen LogP contribution < -0.4 is 5.73 Å². The van der Waals surface area contributed by atoms with Crippen molar-refractivity contribution in [3.05, 3.63) is 12.7 Å². The maximum Gasteiger partial charge on any atom is 0.307 e. The molecule has 0 bridgehead atoms. The Morgan fingerprint density at radius 3 is 2.92 bits per heavy atom. The second kappa shape index (κ2) is 4.56. The number of carbonyl (C=O) groups is 1. The molecule has 0 fully saturated rings. The highest BCUT2D eigenvalue weighted by Crippen LogP contribution is 2.02. The molecule has 0 aliphatic heterocycles. The van der Waals surface area contributed by atoms with E-state index < -0.39 is 11.9 Å². The number of carboxylic acid groups (broad SMARTS) is 1. The number of aromatic nitrogens is 3. The first kappa shape index (κ1) is 9.66. The Morgan fingerprint density at radius 2 is 2.46 bits per heavy atom. The van der Waals surface area contributed by atoms with E-state index in [4.69, 9.17) is 10.8 Å². The van der Waals surface area contributed by atoms with Gasteiger partial charge in [0.05, 0.1) is 5.92 Å². The number of nitrogens with zero attached hydrogens (tertiary/aromatic N) is 3. The first-order valence-corrected chi connectivity index (χ1v) is 3.99. The van der Waals surface area contributed by atoms with Crippen LogP contribution in [-0.2, 0) is 11.3 Å². The zero-order valence-electron chi connectivity index (χ0n) is 7.13. The highest BCUT2D eigenvalue weighted by molar-refractivity contribution is 5.70. The lowest BCUT2D eigenvalue weighted by atomic mass is 10.1. The average Bonchev–Trinajstić information content (AvgIpc) is 2.57. The van der Waals surface area contributed by atoms with Crippen LogP contribution in [0.2, 0.25) is 0 Å². The molecule has 1 aromatic heterocycles. The predicted octanol–water partition coefficient (Wildman–Crippen LogP) is -0.672. The van der Waals surface area contributed by atoms with Gasteiger partial charge in [0.2, 0.25) is 0 Å². The molecule has 1 aromatic rings. The van der Waals surface area contributed by atoms with Crippen molar-refractivity contribution in [3.8, 4) is 0 Å². The lowest BCUT2D eigenvalue weighted by Crippen LogP contribution is -2.24. The Hall–Kier alpha value is -1.43. The van der Waals surface area contributed by atoms with Crippen molar-refractivity contribution in [2.75, 3.05) is 6.54 Å². The van der Waals surface area contributed by atoms with Gasteiger partial charge in [0.25, 0.3) is 0 Å². The maximum absolute atomic E-state index is 10.6. The first-order valence-electron chi connectivity index (χ1n) is 3.99. The molecule has 0 radical (unpaired) electrons. The monoisotopic (exact) mass is 184 g/mol. The summed E-state index contributed by atoms with van der Waals surface area (Å²) in [5.74, 6) is -1.35. The van der Waals surface area contributed by atoms with Crippen LogP contribution in [0.4, 0.5) is 0 Å². The van der Waals surface area contributed by atoms with Crippen LogP contribution in [-0.4, -0.2) is 32.4 Å². The third-order valence-corrected chi connectivity index (χ3v) is 1.81. The van der Waals surface area contributed by atoms with Crippen molar-refractivity contribution < 1.29 is 9.90 Å². The van der Waals surface area contributed by atoms with Crippen LogP contribution in [0.25, 0.3) is 0 Å². The smallest absolute Gasteiger partial charge is 0.307 e. The van der Waals surface area contributed by atoms with Gasteiger partial charge in [-0.25, -0.2) is 4.98 Å². The summed E-state index contributed by atoms with van der Waals surface area (Å²) < 4.78 is 1.59. The number of hydrogen-bond acceptors (Lipinski definition) is 4. The average molecular weight is 184 g/mol. The highest BCUT2D eigenvalue weighted by Gasteiger charge is 2.14. The predicted molar refractivity (Wildman–Crippen MR) is 44.8 cm³/mol. The number of aliphatic carboxylic acids is 1. The van der Waals surface area contributed by atoms with Crippen molar-refractivity contribution in [2.24, 2.45) is 11.7 Å². The van der Waals surface area contributed by atoms with Crippen LogP contribution in [0.5, 0.6) is 0 Å². The fourth-order valence-corrected chi connectivity index (χ4v) is 0.978. The summed E-state index contributed by atoms with van der Waals surface area (Å²) >= 11 is 0. The molecule has 72 valence electrons. The van der Waals surface area contributed by atoms with Crippen LogP contribution >= 0.6 is 0 Å². The Labute approximate surface area is 75.4 Å². The zero-order chi connectivity index (χ0) is 9.68. The second-order valence-electron chi connectivity index (χ2n) is 2.72. The molecule has 6 nitrogen and oxygen atoms in total. The van der Waals surface area contributed by atoms with Gasteiger partial charge in [0, 0.05) is 13.1 Å². The molecule has 13 heavy (non-hydrogen) atoms. The molecule has 0 saturated heterocycles. The molecule has 1 unspecified atom stereocenters. The van der Waals surface area contributed by atoms with E-state index in [1.807, 2.05) is 0 Å². The summed E-state index contributed by atoms with van der Waals surface area (Å²) in [6, 6.07) is 0. The van der Waals surface area contributed by atoms with E-state index in [-0.39, 0.29) is 6.54 Å².